The number of aliphatic imine (C=N–C) groups is 2. The molecule has 1 amide bonds. The smallest absolute Gasteiger partial charge is 0.374 e. The molecule has 0 saturated carbocycles. The van der Waals surface area contributed by atoms with Crippen LogP contribution in [0.1, 0.15) is 6.92 Å². The number of nitrogens with one attached hydrogen (secondary N) is 2. The monoisotopic (exact) mass is 210 g/mol. The highest BCUT2D eigenvalue weighted by Crippen LogP contribution is 1.95. The minimum Gasteiger partial charge on any atom is -0.460 e. The van der Waals surface area contributed by atoms with E-state index in [1.165, 1.54) is 7.05 Å². The molecule has 1 rings (SSSR count). The Morgan fingerprint density at radius 3 is 2.80 bits per heavy atom. The Bertz CT molecular complexity index is 383. The minimum atomic E-state index is -0.759. The SMILES string of the molecule is CCOC(=O)C1=NC(=N)C(=NC)C(=O)N1. The van der Waals surface area contributed by atoms with E-state index in [1.54, 1.807) is 6.92 Å². The van der Waals surface area contributed by atoms with Crippen LogP contribution >= 0.6 is 0 Å². The lowest BCUT2D eigenvalue weighted by atomic mass is 10.2. The number of carbonyl (C=O) groups is 2. The van der Waals surface area contributed by atoms with Crippen molar-refractivity contribution in [3.05, 3.63) is 0 Å². The van der Waals surface area contributed by atoms with Crippen molar-refractivity contribution >= 4 is 29.3 Å². The van der Waals surface area contributed by atoms with Gasteiger partial charge in [0.15, 0.2) is 11.5 Å². The molecule has 0 aromatic heterocycles. The van der Waals surface area contributed by atoms with E-state index >= 15 is 0 Å². The van der Waals surface area contributed by atoms with E-state index in [-0.39, 0.29) is 24.0 Å². The van der Waals surface area contributed by atoms with Gasteiger partial charge in [-0.05, 0) is 6.92 Å². The Labute approximate surface area is 85.8 Å². The van der Waals surface area contributed by atoms with Crippen LogP contribution in [0.5, 0.6) is 0 Å². The molecule has 15 heavy (non-hydrogen) atoms. The molecular weight excluding hydrogens is 200 g/mol. The van der Waals surface area contributed by atoms with Crippen LogP contribution < -0.4 is 5.32 Å². The fraction of sp³-hybridized carbons (Fsp3) is 0.375. The largest absolute Gasteiger partial charge is 0.460 e. The molecular formula is C8H10N4O3. The van der Waals surface area contributed by atoms with Gasteiger partial charge in [-0.1, -0.05) is 0 Å². The highest BCUT2D eigenvalue weighted by Gasteiger charge is 2.27. The molecule has 0 spiro atoms. The number of nitrogens with zero attached hydrogens (tertiary/aromatic N) is 2. The summed E-state index contributed by atoms with van der Waals surface area (Å²) in [5.74, 6) is -2.00. The van der Waals surface area contributed by atoms with Gasteiger partial charge in [0.2, 0.25) is 5.84 Å². The highest BCUT2D eigenvalue weighted by molar-refractivity contribution is 6.71. The third-order valence-electron chi connectivity index (χ3n) is 1.59. The van der Waals surface area contributed by atoms with Crippen LogP contribution in [-0.2, 0) is 14.3 Å². The van der Waals surface area contributed by atoms with Gasteiger partial charge >= 0.3 is 5.97 Å². The van der Waals surface area contributed by atoms with Crippen molar-refractivity contribution in [3.63, 3.8) is 0 Å². The summed E-state index contributed by atoms with van der Waals surface area (Å²) in [6.45, 7) is 1.81. The van der Waals surface area contributed by atoms with Gasteiger partial charge in [0, 0.05) is 7.05 Å². The number of ether oxygens (including phenoxy) is 1. The maximum atomic E-state index is 11.3. The van der Waals surface area contributed by atoms with Gasteiger partial charge < -0.3 is 4.74 Å². The van der Waals surface area contributed by atoms with Crippen LogP contribution in [0.4, 0.5) is 0 Å². The number of esters is 1. The number of amides is 1. The standard InChI is InChI=1S/C8H10N4O3/c1-3-15-8(14)6-11-5(9)4(10-2)7(13)12-6/h3H2,1-2H3,(H2,9,11,12,13). The normalized spacial score (nSPS) is 18.5. The predicted octanol–water partition coefficient (Wildman–Crippen LogP) is -0.874. The molecule has 0 aliphatic carbocycles. The van der Waals surface area contributed by atoms with Gasteiger partial charge in [0.05, 0.1) is 6.61 Å². The molecule has 0 fully saturated rings. The maximum absolute atomic E-state index is 11.3. The summed E-state index contributed by atoms with van der Waals surface area (Å²) < 4.78 is 4.63. The Kier molecular flexibility index (Phi) is 3.27. The second-order valence-corrected chi connectivity index (χ2v) is 2.56. The number of carbonyl (C=O) groups excluding carboxylic acids is 2. The topological polar surface area (TPSA) is 104 Å². The second kappa shape index (κ2) is 4.45. The van der Waals surface area contributed by atoms with Crippen molar-refractivity contribution in [2.24, 2.45) is 9.98 Å². The third-order valence-corrected chi connectivity index (χ3v) is 1.59. The number of amidine groups is 2. The molecule has 0 aromatic carbocycles. The average molecular weight is 210 g/mol. The van der Waals surface area contributed by atoms with E-state index in [0.717, 1.165) is 0 Å². The van der Waals surface area contributed by atoms with Crippen molar-refractivity contribution in [1.29, 1.82) is 5.41 Å². The van der Waals surface area contributed by atoms with E-state index < -0.39 is 11.9 Å². The lowest BCUT2D eigenvalue weighted by Crippen LogP contribution is -2.48. The van der Waals surface area contributed by atoms with Crippen LogP contribution in [0.3, 0.4) is 0 Å². The van der Waals surface area contributed by atoms with Gasteiger partial charge in [-0.25, -0.2) is 9.79 Å². The zero-order valence-corrected chi connectivity index (χ0v) is 8.33. The molecule has 0 unspecified atom stereocenters. The summed E-state index contributed by atoms with van der Waals surface area (Å²) in [4.78, 5) is 29.6. The Balaban J connectivity index is 2.93. The molecule has 0 radical (unpaired) electrons. The Morgan fingerprint density at radius 2 is 2.33 bits per heavy atom. The first-order valence-electron chi connectivity index (χ1n) is 4.23. The van der Waals surface area contributed by atoms with Crippen LogP contribution in [0, 0.1) is 5.41 Å². The molecule has 7 heteroatoms. The first kappa shape index (κ1) is 11.0. The quantitative estimate of drug-likeness (QED) is 0.578. The summed E-state index contributed by atoms with van der Waals surface area (Å²) in [6.07, 6.45) is 0. The molecule has 7 nitrogen and oxygen atoms in total. The second-order valence-electron chi connectivity index (χ2n) is 2.56. The average Bonchev–Trinajstić information content (AvgIpc) is 2.17. The van der Waals surface area contributed by atoms with Crippen molar-refractivity contribution < 1.29 is 14.3 Å². The predicted molar refractivity (Wildman–Crippen MR) is 53.3 cm³/mol. The third kappa shape index (κ3) is 2.25. The molecule has 80 valence electrons. The summed E-state index contributed by atoms with van der Waals surface area (Å²) >= 11 is 0. The molecule has 0 bridgehead atoms. The first-order chi connectivity index (χ1) is 7.10. The lowest BCUT2D eigenvalue weighted by molar-refractivity contribution is -0.135. The summed E-state index contributed by atoms with van der Waals surface area (Å²) in [5.41, 5.74) is -0.108. The zero-order valence-electron chi connectivity index (χ0n) is 8.33. The summed E-state index contributed by atoms with van der Waals surface area (Å²) in [5, 5.41) is 9.54. The van der Waals surface area contributed by atoms with Gasteiger partial charge in [0.1, 0.15) is 0 Å². The van der Waals surface area contributed by atoms with Crippen LogP contribution in [0.2, 0.25) is 0 Å². The maximum Gasteiger partial charge on any atom is 0.374 e. The van der Waals surface area contributed by atoms with Gasteiger partial charge in [0.25, 0.3) is 5.91 Å². The molecule has 1 aliphatic heterocycles. The van der Waals surface area contributed by atoms with Crippen LogP contribution in [-0.4, -0.2) is 42.9 Å². The van der Waals surface area contributed by atoms with Gasteiger partial charge in [-0.3, -0.25) is 20.5 Å². The Morgan fingerprint density at radius 1 is 1.67 bits per heavy atom. The van der Waals surface area contributed by atoms with Gasteiger partial charge in [-0.2, -0.15) is 0 Å². The van der Waals surface area contributed by atoms with E-state index in [1.807, 2.05) is 0 Å². The van der Waals surface area contributed by atoms with Crippen LogP contribution in [0.25, 0.3) is 0 Å². The van der Waals surface area contributed by atoms with Crippen molar-refractivity contribution in [3.8, 4) is 0 Å². The zero-order chi connectivity index (χ0) is 11.4. The van der Waals surface area contributed by atoms with E-state index in [9.17, 15) is 9.59 Å². The molecule has 2 N–H and O–H groups in total. The van der Waals surface area contributed by atoms with E-state index in [0.29, 0.717) is 0 Å². The Hall–Kier alpha value is -2.05. The molecule has 1 aliphatic rings. The van der Waals surface area contributed by atoms with E-state index in [4.69, 9.17) is 5.41 Å². The van der Waals surface area contributed by atoms with Crippen molar-refractivity contribution in [2.45, 2.75) is 6.92 Å². The molecule has 1 heterocycles. The fourth-order valence-electron chi connectivity index (χ4n) is 0.971. The minimum absolute atomic E-state index is 0.108. The molecule has 0 atom stereocenters. The van der Waals surface area contributed by atoms with Crippen molar-refractivity contribution in [1.82, 2.24) is 5.32 Å². The van der Waals surface area contributed by atoms with Crippen LogP contribution in [0.15, 0.2) is 9.98 Å². The highest BCUT2D eigenvalue weighted by atomic mass is 16.5. The van der Waals surface area contributed by atoms with E-state index in [2.05, 4.69) is 20.0 Å². The number of rotatable bonds is 2. The number of hydrogen-bond donors (Lipinski definition) is 2. The molecule has 0 aromatic rings. The van der Waals surface area contributed by atoms with Gasteiger partial charge in [-0.15, -0.1) is 0 Å². The fourth-order valence-corrected chi connectivity index (χ4v) is 0.971. The number of hydrogen-bond acceptors (Lipinski definition) is 5. The lowest BCUT2D eigenvalue weighted by Gasteiger charge is -2.13. The van der Waals surface area contributed by atoms with Crippen molar-refractivity contribution in [2.75, 3.05) is 13.7 Å². The summed E-state index contributed by atoms with van der Waals surface area (Å²) in [6, 6.07) is 0. The first-order valence-corrected chi connectivity index (χ1v) is 4.23. The summed E-state index contributed by atoms with van der Waals surface area (Å²) in [7, 11) is 1.37. The molecule has 0 saturated heterocycles.